The van der Waals surface area contributed by atoms with Crippen molar-refractivity contribution in [1.82, 2.24) is 16.0 Å². The van der Waals surface area contributed by atoms with Crippen LogP contribution in [0.1, 0.15) is 32.8 Å². The minimum atomic E-state index is -4.38. The summed E-state index contributed by atoms with van der Waals surface area (Å²) in [4.78, 5) is 50.7. The molecular weight excluding hydrogens is 591 g/mol. The van der Waals surface area contributed by atoms with Crippen LogP contribution in [0.25, 0.3) is 0 Å². The molecule has 0 aliphatic carbocycles. The van der Waals surface area contributed by atoms with Gasteiger partial charge in [-0.25, -0.2) is 0 Å². The molecule has 0 saturated heterocycles. The van der Waals surface area contributed by atoms with Crippen molar-refractivity contribution in [2.45, 2.75) is 51.6 Å². The van der Waals surface area contributed by atoms with E-state index in [0.29, 0.717) is 17.0 Å². The summed E-state index contributed by atoms with van der Waals surface area (Å²) in [5.41, 5.74) is 0.587. The number of carbonyl (C=O) groups excluding carboxylic acids is 4. The number of Topliss-reactive ketones (excluding diaryl/α,β-unsaturated/α-hetero) is 1. The Kier molecular flexibility index (Phi) is 12.6. The van der Waals surface area contributed by atoms with Crippen molar-refractivity contribution in [2.24, 2.45) is 5.92 Å². The molecule has 8 nitrogen and oxygen atoms in total. The highest BCUT2D eigenvalue weighted by Crippen LogP contribution is 2.24. The second-order valence-electron chi connectivity index (χ2n) is 9.27. The fraction of sp³-hybridized carbons (Fsp3) is 0.407. The second-order valence-corrected chi connectivity index (χ2v) is 10.6. The number of amides is 3. The molecule has 2 rings (SSSR count). The van der Waals surface area contributed by atoms with Gasteiger partial charge in [0.1, 0.15) is 11.8 Å². The number of alkyl halides is 2. The number of ether oxygens (including phenoxy) is 1. The van der Waals surface area contributed by atoms with Crippen LogP contribution in [-0.4, -0.2) is 54.7 Å². The summed E-state index contributed by atoms with van der Waals surface area (Å²) in [6.45, 7) is 3.99. The molecule has 0 heterocycles. The Balaban J connectivity index is 2.22. The molecule has 0 aliphatic rings. The van der Waals surface area contributed by atoms with Crippen molar-refractivity contribution in [2.75, 3.05) is 13.2 Å². The highest BCUT2D eigenvalue weighted by atomic mass is 35.5. The van der Waals surface area contributed by atoms with E-state index >= 15 is 0 Å². The van der Waals surface area contributed by atoms with Gasteiger partial charge in [-0.3, -0.25) is 19.2 Å². The van der Waals surface area contributed by atoms with Gasteiger partial charge < -0.3 is 20.7 Å². The number of benzene rings is 2. The zero-order chi connectivity index (χ0) is 30.0. The van der Waals surface area contributed by atoms with E-state index in [1.54, 1.807) is 31.2 Å². The van der Waals surface area contributed by atoms with Gasteiger partial charge in [-0.15, -0.1) is 0 Å². The first kappa shape index (κ1) is 33.3. The molecule has 13 heteroatoms. The van der Waals surface area contributed by atoms with Gasteiger partial charge in [-0.2, -0.15) is 8.78 Å². The third kappa shape index (κ3) is 9.91. The van der Waals surface area contributed by atoms with Gasteiger partial charge in [-0.1, -0.05) is 67.7 Å². The van der Waals surface area contributed by atoms with Gasteiger partial charge in [0.05, 0.1) is 6.04 Å². The summed E-state index contributed by atoms with van der Waals surface area (Å²) in [6, 6.07) is 7.74. The summed E-state index contributed by atoms with van der Waals surface area (Å²) in [6.07, 6.45) is 0.324. The molecule has 0 radical (unpaired) electrons. The quantitative estimate of drug-likeness (QED) is 0.267. The van der Waals surface area contributed by atoms with Crippen LogP contribution in [-0.2, 0) is 25.6 Å². The maximum absolute atomic E-state index is 14.7. The molecule has 0 bridgehead atoms. The van der Waals surface area contributed by atoms with Crippen molar-refractivity contribution < 1.29 is 32.7 Å². The zero-order valence-corrected chi connectivity index (χ0v) is 24.3. The van der Waals surface area contributed by atoms with Gasteiger partial charge in [-0.05, 0) is 48.2 Å². The van der Waals surface area contributed by atoms with Crippen molar-refractivity contribution in [1.29, 1.82) is 0 Å². The number of rotatable bonds is 14. The van der Waals surface area contributed by atoms with Crippen LogP contribution in [0.3, 0.4) is 0 Å². The zero-order valence-electron chi connectivity index (χ0n) is 22.0. The molecule has 0 saturated carbocycles. The Morgan fingerprint density at radius 2 is 1.52 bits per heavy atom. The van der Waals surface area contributed by atoms with Crippen LogP contribution in [0.4, 0.5) is 8.78 Å². The van der Waals surface area contributed by atoms with Crippen molar-refractivity contribution in [3.63, 3.8) is 0 Å². The van der Waals surface area contributed by atoms with Crippen LogP contribution in [0.5, 0.6) is 5.75 Å². The smallest absolute Gasteiger partial charge is 0.383 e. The Hall–Kier alpha value is -2.95. The summed E-state index contributed by atoms with van der Waals surface area (Å²) >= 11 is 17.8. The molecule has 218 valence electrons. The van der Waals surface area contributed by atoms with E-state index in [1.807, 2.05) is 5.32 Å². The van der Waals surface area contributed by atoms with E-state index in [9.17, 15) is 28.0 Å². The Morgan fingerprint density at radius 3 is 2.08 bits per heavy atom. The van der Waals surface area contributed by atoms with Crippen molar-refractivity contribution >= 4 is 58.3 Å². The molecule has 0 aliphatic heterocycles. The first-order valence-electron chi connectivity index (χ1n) is 12.4. The highest BCUT2D eigenvalue weighted by Gasteiger charge is 2.51. The maximum atomic E-state index is 14.7. The number of hydrogen-bond donors (Lipinski definition) is 3. The van der Waals surface area contributed by atoms with Crippen molar-refractivity contribution in [3.05, 3.63) is 63.1 Å². The normalized spacial score (nSPS) is 12.8. The SMILES string of the molecule is CCCNC(=O)C(F)(F)C(=O)[C@@H](NC(=O)[C@H](Cc1ccc(Cl)cc1)NC(=O)COc1cc(Cl)cc(Cl)c1)C(C)C. The van der Waals surface area contributed by atoms with Gasteiger partial charge in [0.15, 0.2) is 6.61 Å². The summed E-state index contributed by atoms with van der Waals surface area (Å²) < 4.78 is 34.8. The largest absolute Gasteiger partial charge is 0.484 e. The van der Waals surface area contributed by atoms with Crippen LogP contribution in [0, 0.1) is 5.92 Å². The average molecular weight is 621 g/mol. The molecule has 0 aromatic heterocycles. The first-order chi connectivity index (χ1) is 18.7. The Bertz CT molecular complexity index is 1190. The summed E-state index contributed by atoms with van der Waals surface area (Å²) in [5.74, 6) is -10.1. The number of nitrogens with one attached hydrogen (secondary N) is 3. The molecule has 0 fully saturated rings. The minimum Gasteiger partial charge on any atom is -0.484 e. The lowest BCUT2D eigenvalue weighted by molar-refractivity contribution is -0.161. The molecule has 40 heavy (non-hydrogen) atoms. The van der Waals surface area contributed by atoms with E-state index in [4.69, 9.17) is 39.5 Å². The fourth-order valence-electron chi connectivity index (χ4n) is 3.51. The number of ketones is 1. The van der Waals surface area contributed by atoms with Crippen LogP contribution in [0.15, 0.2) is 42.5 Å². The van der Waals surface area contributed by atoms with Gasteiger partial charge >= 0.3 is 5.92 Å². The van der Waals surface area contributed by atoms with Gasteiger partial charge in [0.2, 0.25) is 11.7 Å². The number of halogens is 5. The predicted molar refractivity (Wildman–Crippen MR) is 149 cm³/mol. The lowest BCUT2D eigenvalue weighted by Crippen LogP contribution is -2.59. The monoisotopic (exact) mass is 619 g/mol. The molecule has 3 N–H and O–H groups in total. The predicted octanol–water partition coefficient (Wildman–Crippen LogP) is 4.62. The third-order valence-corrected chi connectivity index (χ3v) is 6.28. The molecule has 0 spiro atoms. The molecule has 3 amide bonds. The maximum Gasteiger partial charge on any atom is 0.383 e. The summed E-state index contributed by atoms with van der Waals surface area (Å²) in [5, 5.41) is 7.80. The Labute approximate surface area is 246 Å². The van der Waals surface area contributed by atoms with Crippen LogP contribution in [0.2, 0.25) is 15.1 Å². The molecular formula is C27H30Cl3F2N3O5. The second kappa shape index (κ2) is 15.2. The topological polar surface area (TPSA) is 114 Å². The van der Waals surface area contributed by atoms with Gasteiger partial charge in [0, 0.05) is 28.0 Å². The van der Waals surface area contributed by atoms with Gasteiger partial charge in [0.25, 0.3) is 11.8 Å². The van der Waals surface area contributed by atoms with Crippen molar-refractivity contribution in [3.8, 4) is 5.75 Å². The number of carbonyl (C=O) groups is 4. The van der Waals surface area contributed by atoms with Crippen LogP contribution < -0.4 is 20.7 Å². The first-order valence-corrected chi connectivity index (χ1v) is 13.5. The molecule has 2 aromatic rings. The fourth-order valence-corrected chi connectivity index (χ4v) is 4.14. The third-order valence-electron chi connectivity index (χ3n) is 5.59. The molecule has 2 atom stereocenters. The summed E-state index contributed by atoms with van der Waals surface area (Å²) in [7, 11) is 0. The lowest BCUT2D eigenvalue weighted by Gasteiger charge is -2.27. The van der Waals surface area contributed by atoms with E-state index in [-0.39, 0.29) is 28.8 Å². The lowest BCUT2D eigenvalue weighted by atomic mass is 9.94. The molecule has 0 unspecified atom stereocenters. The van der Waals surface area contributed by atoms with E-state index in [2.05, 4.69) is 10.6 Å². The van der Waals surface area contributed by atoms with E-state index in [1.165, 1.54) is 32.0 Å². The average Bonchev–Trinajstić information content (AvgIpc) is 2.88. The number of hydrogen-bond acceptors (Lipinski definition) is 5. The minimum absolute atomic E-state index is 0.0426. The highest BCUT2D eigenvalue weighted by molar-refractivity contribution is 6.34. The molecule has 2 aromatic carbocycles. The Morgan fingerprint density at radius 1 is 0.925 bits per heavy atom. The van der Waals surface area contributed by atoms with E-state index < -0.39 is 54.0 Å². The standard InChI is InChI=1S/C27H30Cl3F2N3O5/c1-4-9-33-26(39)27(31,32)24(37)23(15(2)3)35-25(38)21(10-16-5-7-17(28)8-6-16)34-22(36)14-40-20-12-18(29)11-19(30)13-20/h5-8,11-13,15,21,23H,4,9-10,14H2,1-3H3,(H,33,39)(H,34,36)(H,35,38)/t21-,23-/m0/s1. The van der Waals surface area contributed by atoms with Crippen LogP contribution >= 0.6 is 34.8 Å². The van der Waals surface area contributed by atoms with E-state index in [0.717, 1.165) is 0 Å².